The molecule has 0 unspecified atom stereocenters. The summed E-state index contributed by atoms with van der Waals surface area (Å²) in [5.74, 6) is -0.324. The van der Waals surface area contributed by atoms with Crippen molar-refractivity contribution in [2.45, 2.75) is 6.36 Å². The van der Waals surface area contributed by atoms with Crippen LogP contribution in [0.4, 0.5) is 13.2 Å². The number of benzene rings is 1. The zero-order valence-electron chi connectivity index (χ0n) is 8.78. The first kappa shape index (κ1) is 12.6. The van der Waals surface area contributed by atoms with Crippen LogP contribution in [0.3, 0.4) is 0 Å². The van der Waals surface area contributed by atoms with E-state index in [4.69, 9.17) is 11.6 Å². The molecule has 0 spiro atoms. The molecule has 1 aromatic carbocycles. The minimum absolute atomic E-state index is 0.252. The van der Waals surface area contributed by atoms with Crippen molar-refractivity contribution in [3.63, 3.8) is 0 Å². The lowest BCUT2D eigenvalue weighted by molar-refractivity contribution is -0.274. The second kappa shape index (κ2) is 4.81. The monoisotopic (exact) mass is 274 g/mol. The van der Waals surface area contributed by atoms with E-state index in [-0.39, 0.29) is 10.8 Å². The van der Waals surface area contributed by atoms with Crippen LogP contribution in [0.2, 0.25) is 5.02 Å². The maximum atomic E-state index is 12.1. The zero-order valence-corrected chi connectivity index (χ0v) is 9.53. The van der Waals surface area contributed by atoms with E-state index >= 15 is 0 Å². The molecular weight excluding hydrogens is 269 g/mol. The molecule has 0 atom stereocenters. The van der Waals surface area contributed by atoms with E-state index in [1.807, 2.05) is 0 Å². The minimum atomic E-state index is -4.73. The Labute approximate surface area is 105 Å². The first-order chi connectivity index (χ1) is 8.46. The molecule has 7 heteroatoms. The van der Waals surface area contributed by atoms with Gasteiger partial charge in [0.05, 0.1) is 10.7 Å². The third-order valence-electron chi connectivity index (χ3n) is 2.01. The van der Waals surface area contributed by atoms with Gasteiger partial charge in [0.1, 0.15) is 12.1 Å². The van der Waals surface area contributed by atoms with E-state index in [0.29, 0.717) is 11.3 Å². The summed E-state index contributed by atoms with van der Waals surface area (Å²) in [6, 6.07) is 5.42. The summed E-state index contributed by atoms with van der Waals surface area (Å²) >= 11 is 5.86. The predicted octanol–water partition coefficient (Wildman–Crippen LogP) is 3.70. The Bertz CT molecular complexity index is 560. The van der Waals surface area contributed by atoms with E-state index in [1.165, 1.54) is 30.7 Å². The van der Waals surface area contributed by atoms with Gasteiger partial charge < -0.3 is 4.74 Å². The zero-order chi connectivity index (χ0) is 13.2. The third-order valence-corrected chi connectivity index (χ3v) is 2.29. The van der Waals surface area contributed by atoms with Crippen LogP contribution in [0.1, 0.15) is 0 Å². The van der Waals surface area contributed by atoms with Crippen molar-refractivity contribution < 1.29 is 17.9 Å². The van der Waals surface area contributed by atoms with Crippen molar-refractivity contribution >= 4 is 11.6 Å². The molecule has 2 rings (SSSR count). The predicted molar refractivity (Wildman–Crippen MR) is 59.2 cm³/mol. The Hall–Kier alpha value is -1.82. The summed E-state index contributed by atoms with van der Waals surface area (Å²) in [4.78, 5) is 7.60. The van der Waals surface area contributed by atoms with Gasteiger partial charge >= 0.3 is 6.36 Å². The van der Waals surface area contributed by atoms with Crippen molar-refractivity contribution in [2.75, 3.05) is 0 Å². The van der Waals surface area contributed by atoms with Crippen molar-refractivity contribution in [1.29, 1.82) is 0 Å². The van der Waals surface area contributed by atoms with Gasteiger partial charge in [0.25, 0.3) is 0 Å². The van der Waals surface area contributed by atoms with Crippen LogP contribution in [0.15, 0.2) is 36.8 Å². The van der Waals surface area contributed by atoms with Gasteiger partial charge in [-0.05, 0) is 12.1 Å². The highest BCUT2D eigenvalue weighted by atomic mass is 35.5. The van der Waals surface area contributed by atoms with E-state index < -0.39 is 6.36 Å². The first-order valence-electron chi connectivity index (χ1n) is 4.77. The summed E-state index contributed by atoms with van der Waals surface area (Å²) in [6.07, 6.45) is -2.10. The van der Waals surface area contributed by atoms with Gasteiger partial charge in [-0.2, -0.15) is 0 Å². The molecule has 18 heavy (non-hydrogen) atoms. The molecule has 1 heterocycles. The normalized spacial score (nSPS) is 11.3. The fourth-order valence-corrected chi connectivity index (χ4v) is 1.58. The number of rotatable bonds is 2. The molecule has 0 radical (unpaired) electrons. The van der Waals surface area contributed by atoms with Crippen molar-refractivity contribution in [1.82, 2.24) is 9.97 Å². The molecule has 94 valence electrons. The van der Waals surface area contributed by atoms with E-state index in [1.54, 1.807) is 6.07 Å². The number of hydrogen-bond acceptors (Lipinski definition) is 3. The van der Waals surface area contributed by atoms with Crippen LogP contribution < -0.4 is 4.74 Å². The largest absolute Gasteiger partial charge is 0.573 e. The van der Waals surface area contributed by atoms with E-state index in [2.05, 4.69) is 14.7 Å². The molecule has 0 amide bonds. The smallest absolute Gasteiger partial charge is 0.406 e. The Kier molecular flexibility index (Phi) is 3.38. The molecule has 0 aliphatic heterocycles. The fourth-order valence-electron chi connectivity index (χ4n) is 1.37. The average molecular weight is 275 g/mol. The third kappa shape index (κ3) is 3.10. The Balaban J connectivity index is 2.36. The second-order valence-corrected chi connectivity index (χ2v) is 3.70. The Morgan fingerprint density at radius 2 is 2.00 bits per heavy atom. The Morgan fingerprint density at radius 1 is 1.22 bits per heavy atom. The molecule has 0 saturated heterocycles. The lowest BCUT2D eigenvalue weighted by Gasteiger charge is -2.10. The molecule has 0 N–H and O–H groups in total. The maximum Gasteiger partial charge on any atom is 0.573 e. The standard InChI is InChI=1S/C11H6ClF3N2O/c12-9-5-16-6-17-10(9)7-2-1-3-8(4-7)18-11(13,14)15/h1-6H. The quantitative estimate of drug-likeness (QED) is 0.837. The molecule has 1 aromatic heterocycles. The fraction of sp³-hybridized carbons (Fsp3) is 0.0909. The first-order valence-corrected chi connectivity index (χ1v) is 5.15. The lowest BCUT2D eigenvalue weighted by atomic mass is 10.1. The van der Waals surface area contributed by atoms with Crippen LogP contribution in [0, 0.1) is 0 Å². The summed E-state index contributed by atoms with van der Waals surface area (Å²) in [5, 5.41) is 0.252. The van der Waals surface area contributed by atoms with Gasteiger partial charge in [-0.3, -0.25) is 0 Å². The molecule has 2 aromatic rings. The SMILES string of the molecule is FC(F)(F)Oc1cccc(-c2ncncc2Cl)c1. The summed E-state index contributed by atoms with van der Waals surface area (Å²) in [5.41, 5.74) is 0.767. The Morgan fingerprint density at radius 3 is 2.67 bits per heavy atom. The average Bonchev–Trinajstić information content (AvgIpc) is 2.27. The number of alkyl halides is 3. The van der Waals surface area contributed by atoms with Crippen LogP contribution in [-0.2, 0) is 0 Å². The molecule has 3 nitrogen and oxygen atoms in total. The molecule has 0 aliphatic rings. The van der Waals surface area contributed by atoms with Crippen LogP contribution in [-0.4, -0.2) is 16.3 Å². The van der Waals surface area contributed by atoms with Crippen molar-refractivity contribution in [3.05, 3.63) is 41.8 Å². The maximum absolute atomic E-state index is 12.1. The topological polar surface area (TPSA) is 35.0 Å². The molecule has 0 fully saturated rings. The summed E-state index contributed by atoms with van der Waals surface area (Å²) in [7, 11) is 0. The van der Waals surface area contributed by atoms with Crippen molar-refractivity contribution in [2.24, 2.45) is 0 Å². The number of hydrogen-bond donors (Lipinski definition) is 0. The second-order valence-electron chi connectivity index (χ2n) is 3.29. The van der Waals surface area contributed by atoms with Gasteiger partial charge in [0, 0.05) is 11.8 Å². The van der Waals surface area contributed by atoms with Crippen LogP contribution in [0.25, 0.3) is 11.3 Å². The van der Waals surface area contributed by atoms with Crippen molar-refractivity contribution in [3.8, 4) is 17.0 Å². The number of aromatic nitrogens is 2. The van der Waals surface area contributed by atoms with Crippen LogP contribution in [0.5, 0.6) is 5.75 Å². The minimum Gasteiger partial charge on any atom is -0.406 e. The van der Waals surface area contributed by atoms with Gasteiger partial charge in [-0.1, -0.05) is 23.7 Å². The molecule has 0 bridgehead atoms. The number of nitrogens with zero attached hydrogens (tertiary/aromatic N) is 2. The highest BCUT2D eigenvalue weighted by Gasteiger charge is 2.31. The number of ether oxygens (including phenoxy) is 1. The highest BCUT2D eigenvalue weighted by molar-refractivity contribution is 6.32. The van der Waals surface area contributed by atoms with Gasteiger partial charge in [-0.15, -0.1) is 13.2 Å². The molecule has 0 aliphatic carbocycles. The molecule has 0 saturated carbocycles. The lowest BCUT2D eigenvalue weighted by Crippen LogP contribution is -2.17. The number of halogens is 4. The van der Waals surface area contributed by atoms with Gasteiger partial charge in [-0.25, -0.2) is 9.97 Å². The van der Waals surface area contributed by atoms with Gasteiger partial charge in [0.2, 0.25) is 0 Å². The van der Waals surface area contributed by atoms with E-state index in [0.717, 1.165) is 0 Å². The van der Waals surface area contributed by atoms with Gasteiger partial charge in [0.15, 0.2) is 0 Å². The highest BCUT2D eigenvalue weighted by Crippen LogP contribution is 2.29. The molecular formula is C11H6ClF3N2O. The summed E-state index contributed by atoms with van der Waals surface area (Å²) < 4.78 is 40.1. The van der Waals surface area contributed by atoms with Crippen LogP contribution >= 0.6 is 11.6 Å². The summed E-state index contributed by atoms with van der Waals surface area (Å²) in [6.45, 7) is 0. The van der Waals surface area contributed by atoms with E-state index in [9.17, 15) is 13.2 Å².